The molecule has 7 aromatic rings. The molecule has 0 spiro atoms. The van der Waals surface area contributed by atoms with Gasteiger partial charge in [-0.05, 0) is 117 Å². The zero-order chi connectivity index (χ0) is 30.4. The Morgan fingerprint density at radius 2 is 1.11 bits per heavy atom. The van der Waals surface area contributed by atoms with Crippen molar-refractivity contribution in [2.24, 2.45) is 4.99 Å². The van der Waals surface area contributed by atoms with Crippen LogP contribution in [0.15, 0.2) is 132 Å². The molecule has 0 N–H and O–H groups in total. The minimum Gasteiger partial charge on any atom is -0.494 e. The first-order valence-corrected chi connectivity index (χ1v) is 15.4. The van der Waals surface area contributed by atoms with Gasteiger partial charge in [0.15, 0.2) is 0 Å². The van der Waals surface area contributed by atoms with E-state index in [-0.39, 0.29) is 0 Å². The number of nitriles is 1. The molecule has 0 saturated carbocycles. The maximum Gasteiger partial charge on any atom is 0.119 e. The van der Waals surface area contributed by atoms with Gasteiger partial charge in [0.2, 0.25) is 0 Å². The van der Waals surface area contributed by atoms with E-state index in [0.29, 0.717) is 18.8 Å². The average Bonchev–Trinajstić information content (AvgIpc) is 3.10. The van der Waals surface area contributed by atoms with E-state index >= 15 is 0 Å². The molecule has 0 aliphatic rings. The van der Waals surface area contributed by atoms with Crippen LogP contribution in [0.2, 0.25) is 0 Å². The van der Waals surface area contributed by atoms with E-state index in [2.05, 4.69) is 84.9 Å². The summed E-state index contributed by atoms with van der Waals surface area (Å²) in [7, 11) is 0. The summed E-state index contributed by atoms with van der Waals surface area (Å²) in [4.78, 5) is 4.87. The quantitative estimate of drug-likeness (QED) is 0.0863. The zero-order valence-corrected chi connectivity index (χ0v) is 24.9. The summed E-state index contributed by atoms with van der Waals surface area (Å²) >= 11 is 0. The van der Waals surface area contributed by atoms with Crippen LogP contribution in [0.4, 0.5) is 5.69 Å². The van der Waals surface area contributed by atoms with Gasteiger partial charge in [-0.25, -0.2) is 0 Å². The lowest BCUT2D eigenvalue weighted by molar-refractivity contribution is 0.279. The second kappa shape index (κ2) is 12.9. The molecule has 218 valence electrons. The molecule has 0 unspecified atom stereocenters. The van der Waals surface area contributed by atoms with Crippen LogP contribution in [0, 0.1) is 11.3 Å². The molecule has 7 rings (SSSR count). The summed E-state index contributed by atoms with van der Waals surface area (Å²) in [5.41, 5.74) is 4.87. The summed E-state index contributed by atoms with van der Waals surface area (Å²) in [6, 6.07) is 45.5. The Bertz CT molecular complexity index is 2110. The van der Waals surface area contributed by atoms with Gasteiger partial charge in [-0.3, -0.25) is 4.99 Å². The summed E-state index contributed by atoms with van der Waals surface area (Å²) in [6.45, 7) is 1.35. The SMILES string of the molecule is N#Cc1ccc(-c2ccc(OCCCCCOc3ccc(C=Nc4ccc5ccc6cccc7ccc4c5c67)cc3)cc2)cc1. The molecule has 0 atom stereocenters. The lowest BCUT2D eigenvalue weighted by atomic mass is 9.93. The first kappa shape index (κ1) is 28.1. The average molecular weight is 585 g/mol. The maximum absolute atomic E-state index is 8.97. The van der Waals surface area contributed by atoms with Gasteiger partial charge in [0.25, 0.3) is 0 Å². The van der Waals surface area contributed by atoms with Gasteiger partial charge < -0.3 is 9.47 Å². The molecule has 4 heteroatoms. The summed E-state index contributed by atoms with van der Waals surface area (Å²) < 4.78 is 11.9. The molecule has 4 nitrogen and oxygen atoms in total. The molecular weight excluding hydrogens is 552 g/mol. The Labute approximate surface area is 263 Å². The van der Waals surface area contributed by atoms with Crippen LogP contribution in [0.1, 0.15) is 30.4 Å². The van der Waals surface area contributed by atoms with E-state index in [1.807, 2.05) is 54.7 Å². The van der Waals surface area contributed by atoms with Crippen molar-refractivity contribution in [3.05, 3.63) is 139 Å². The molecule has 0 fully saturated rings. The fourth-order valence-corrected chi connectivity index (χ4v) is 5.87. The third kappa shape index (κ3) is 6.20. The van der Waals surface area contributed by atoms with Crippen LogP contribution in [0.25, 0.3) is 43.4 Å². The van der Waals surface area contributed by atoms with Gasteiger partial charge in [0, 0.05) is 11.6 Å². The number of unbranched alkanes of at least 4 members (excludes halogenated alkanes) is 2. The highest BCUT2D eigenvalue weighted by molar-refractivity contribution is 6.25. The highest BCUT2D eigenvalue weighted by Crippen LogP contribution is 2.38. The minimum absolute atomic E-state index is 0.666. The summed E-state index contributed by atoms with van der Waals surface area (Å²) in [5.74, 6) is 1.74. The van der Waals surface area contributed by atoms with Crippen LogP contribution in [0.3, 0.4) is 0 Å². The van der Waals surface area contributed by atoms with E-state index < -0.39 is 0 Å². The summed E-state index contributed by atoms with van der Waals surface area (Å²) in [5, 5.41) is 16.5. The first-order chi connectivity index (χ1) is 22.2. The number of aliphatic imine (C=N–C) groups is 1. The fourth-order valence-electron chi connectivity index (χ4n) is 5.87. The Morgan fingerprint density at radius 3 is 1.76 bits per heavy atom. The molecule has 0 radical (unpaired) electrons. The monoisotopic (exact) mass is 584 g/mol. The van der Waals surface area contributed by atoms with Gasteiger partial charge in [0.1, 0.15) is 11.5 Å². The van der Waals surface area contributed by atoms with Crippen molar-refractivity contribution < 1.29 is 9.47 Å². The molecule has 7 aromatic carbocycles. The normalized spacial score (nSPS) is 11.4. The topological polar surface area (TPSA) is 54.6 Å². The number of nitrogens with zero attached hydrogens (tertiary/aromatic N) is 2. The van der Waals surface area contributed by atoms with Gasteiger partial charge in [-0.15, -0.1) is 0 Å². The molecule has 0 aliphatic heterocycles. The van der Waals surface area contributed by atoms with Crippen molar-refractivity contribution in [2.45, 2.75) is 19.3 Å². The molecular formula is C41H32N2O2. The number of hydrogen-bond donors (Lipinski definition) is 0. The Balaban J connectivity index is 0.865. The molecule has 45 heavy (non-hydrogen) atoms. The van der Waals surface area contributed by atoms with Gasteiger partial charge in [-0.2, -0.15) is 5.26 Å². The van der Waals surface area contributed by atoms with Crippen molar-refractivity contribution in [3.63, 3.8) is 0 Å². The van der Waals surface area contributed by atoms with Crippen LogP contribution < -0.4 is 9.47 Å². The molecule has 0 aliphatic carbocycles. The van der Waals surface area contributed by atoms with Crippen molar-refractivity contribution in [2.75, 3.05) is 13.2 Å². The Hall–Kier alpha value is -5.66. The molecule has 0 aromatic heterocycles. The Kier molecular flexibility index (Phi) is 8.07. The number of hydrogen-bond acceptors (Lipinski definition) is 4. The van der Waals surface area contributed by atoms with Gasteiger partial charge >= 0.3 is 0 Å². The predicted molar refractivity (Wildman–Crippen MR) is 185 cm³/mol. The molecule has 0 amide bonds. The number of ether oxygens (including phenoxy) is 2. The van der Waals surface area contributed by atoms with Crippen LogP contribution >= 0.6 is 0 Å². The van der Waals surface area contributed by atoms with E-state index in [9.17, 15) is 0 Å². The van der Waals surface area contributed by atoms with Crippen LogP contribution in [-0.2, 0) is 0 Å². The van der Waals surface area contributed by atoms with E-state index in [1.54, 1.807) is 0 Å². The van der Waals surface area contributed by atoms with E-state index in [1.165, 1.54) is 32.3 Å². The van der Waals surface area contributed by atoms with Gasteiger partial charge in [-0.1, -0.05) is 72.8 Å². The van der Waals surface area contributed by atoms with Crippen molar-refractivity contribution in [1.29, 1.82) is 5.26 Å². The first-order valence-electron chi connectivity index (χ1n) is 15.4. The third-order valence-corrected chi connectivity index (χ3v) is 8.27. The van der Waals surface area contributed by atoms with Crippen LogP contribution in [0.5, 0.6) is 11.5 Å². The minimum atomic E-state index is 0.666. The fraction of sp³-hybridized carbons (Fsp3) is 0.122. The Morgan fingerprint density at radius 1 is 0.556 bits per heavy atom. The second-order valence-corrected chi connectivity index (χ2v) is 11.2. The standard InChI is InChI=1S/C41H32N2O2/c42-27-29-7-11-31(12-8-29)32-15-21-37(22-16-32)45-26-3-1-2-25-44-36-19-9-30(10-20-36)28-43-39-24-18-35-14-13-33-5-4-6-34-17-23-38(39)41(35)40(33)34/h4-24,28H,1-3,25-26H2. The van der Waals surface area contributed by atoms with Gasteiger partial charge in [0.05, 0.1) is 30.5 Å². The summed E-state index contributed by atoms with van der Waals surface area (Å²) in [6.07, 6.45) is 4.90. The predicted octanol–water partition coefficient (Wildman–Crippen LogP) is 10.5. The zero-order valence-electron chi connectivity index (χ0n) is 24.9. The van der Waals surface area contributed by atoms with E-state index in [4.69, 9.17) is 19.7 Å². The smallest absolute Gasteiger partial charge is 0.119 e. The molecule has 0 saturated heterocycles. The number of benzene rings is 7. The lowest BCUT2D eigenvalue weighted by Gasteiger charge is -2.12. The van der Waals surface area contributed by atoms with E-state index in [0.717, 1.165) is 53.1 Å². The molecule has 0 heterocycles. The maximum atomic E-state index is 8.97. The van der Waals surface area contributed by atoms with Crippen molar-refractivity contribution in [1.82, 2.24) is 0 Å². The van der Waals surface area contributed by atoms with Crippen LogP contribution in [-0.4, -0.2) is 19.4 Å². The third-order valence-electron chi connectivity index (χ3n) is 8.27. The lowest BCUT2D eigenvalue weighted by Crippen LogP contribution is -2.01. The largest absolute Gasteiger partial charge is 0.494 e. The highest BCUT2D eigenvalue weighted by Gasteiger charge is 2.10. The number of rotatable bonds is 11. The molecule has 0 bridgehead atoms. The highest BCUT2D eigenvalue weighted by atomic mass is 16.5. The van der Waals surface area contributed by atoms with Crippen molar-refractivity contribution in [3.8, 4) is 28.7 Å². The second-order valence-electron chi connectivity index (χ2n) is 11.2. The van der Waals surface area contributed by atoms with Crippen molar-refractivity contribution >= 4 is 44.2 Å².